The second kappa shape index (κ2) is 8.88. The second-order valence-electron chi connectivity index (χ2n) is 7.97. The quantitative estimate of drug-likeness (QED) is 0.371. The third-order valence-corrected chi connectivity index (χ3v) is 5.89. The molecular formula is C25H26N2O5. The standard InChI is InChI=1S/C25H26N2O5/c1-14(28)4-7-17(20-12-26-22-8-5-15(10-18(20)22)24(29)31-2)21-13-27-23-9-6-16(11-19(21)23)25(30)32-3/h5-6,8-14,17,26-28H,4,7H2,1-3H3. The lowest BCUT2D eigenvalue weighted by Gasteiger charge is -2.18. The van der Waals surface area contributed by atoms with Gasteiger partial charge in [0.2, 0.25) is 0 Å². The van der Waals surface area contributed by atoms with Crippen molar-refractivity contribution in [2.75, 3.05) is 14.2 Å². The van der Waals surface area contributed by atoms with Gasteiger partial charge in [0.25, 0.3) is 0 Å². The van der Waals surface area contributed by atoms with E-state index in [1.54, 1.807) is 19.1 Å². The van der Waals surface area contributed by atoms with Crippen LogP contribution >= 0.6 is 0 Å². The van der Waals surface area contributed by atoms with Gasteiger partial charge in [-0.2, -0.15) is 0 Å². The zero-order chi connectivity index (χ0) is 22.8. The Morgan fingerprint density at radius 2 is 1.31 bits per heavy atom. The Balaban J connectivity index is 1.87. The highest BCUT2D eigenvalue weighted by atomic mass is 16.5. The van der Waals surface area contributed by atoms with Crippen LogP contribution in [0, 0.1) is 0 Å². The van der Waals surface area contributed by atoms with Gasteiger partial charge in [-0.15, -0.1) is 0 Å². The second-order valence-corrected chi connectivity index (χ2v) is 7.97. The van der Waals surface area contributed by atoms with Crippen LogP contribution in [0.2, 0.25) is 0 Å². The molecule has 2 aromatic carbocycles. The minimum absolute atomic E-state index is 0.0760. The first-order chi connectivity index (χ1) is 15.4. The highest BCUT2D eigenvalue weighted by Gasteiger charge is 2.23. The van der Waals surface area contributed by atoms with E-state index < -0.39 is 18.0 Å². The molecule has 7 nitrogen and oxygen atoms in total. The van der Waals surface area contributed by atoms with Crippen LogP contribution in [0.25, 0.3) is 21.8 Å². The molecule has 4 aromatic rings. The Morgan fingerprint density at radius 3 is 1.72 bits per heavy atom. The van der Waals surface area contributed by atoms with Crippen molar-refractivity contribution < 1.29 is 24.2 Å². The van der Waals surface area contributed by atoms with Gasteiger partial charge in [-0.1, -0.05) is 0 Å². The van der Waals surface area contributed by atoms with Gasteiger partial charge in [-0.25, -0.2) is 9.59 Å². The molecule has 0 aliphatic carbocycles. The summed E-state index contributed by atoms with van der Waals surface area (Å²) in [5.41, 5.74) is 4.78. The number of hydrogen-bond donors (Lipinski definition) is 3. The number of hydrogen-bond acceptors (Lipinski definition) is 5. The summed E-state index contributed by atoms with van der Waals surface area (Å²) in [4.78, 5) is 30.8. The third-order valence-electron chi connectivity index (χ3n) is 5.89. The fourth-order valence-corrected chi connectivity index (χ4v) is 4.24. The highest BCUT2D eigenvalue weighted by molar-refractivity contribution is 5.98. The van der Waals surface area contributed by atoms with Crippen LogP contribution in [0.15, 0.2) is 48.8 Å². The Hall–Kier alpha value is -3.58. The number of benzene rings is 2. The van der Waals surface area contributed by atoms with Crippen molar-refractivity contribution in [2.24, 2.45) is 0 Å². The lowest BCUT2D eigenvalue weighted by molar-refractivity contribution is 0.0592. The number of aliphatic hydroxyl groups is 1. The summed E-state index contributed by atoms with van der Waals surface area (Å²) in [6.45, 7) is 1.77. The van der Waals surface area contributed by atoms with E-state index >= 15 is 0 Å². The number of aromatic amines is 2. The molecule has 1 atom stereocenters. The van der Waals surface area contributed by atoms with Gasteiger partial charge in [-0.05, 0) is 67.3 Å². The van der Waals surface area contributed by atoms with Crippen molar-refractivity contribution in [3.8, 4) is 0 Å². The number of ether oxygens (including phenoxy) is 2. The monoisotopic (exact) mass is 434 g/mol. The predicted octanol–water partition coefficient (Wildman–Crippen LogP) is 4.52. The van der Waals surface area contributed by atoms with E-state index in [0.717, 1.165) is 32.9 Å². The van der Waals surface area contributed by atoms with E-state index in [1.807, 2.05) is 36.7 Å². The van der Waals surface area contributed by atoms with E-state index in [1.165, 1.54) is 14.2 Å². The van der Waals surface area contributed by atoms with E-state index in [9.17, 15) is 14.7 Å². The summed E-state index contributed by atoms with van der Waals surface area (Å²) in [5, 5.41) is 11.8. The van der Waals surface area contributed by atoms with Gasteiger partial charge in [0, 0.05) is 40.1 Å². The van der Waals surface area contributed by atoms with Crippen LogP contribution in [0.1, 0.15) is 57.5 Å². The van der Waals surface area contributed by atoms with E-state index in [0.29, 0.717) is 24.0 Å². The van der Waals surface area contributed by atoms with Gasteiger partial charge in [0.05, 0.1) is 31.5 Å². The fourth-order valence-electron chi connectivity index (χ4n) is 4.24. The number of aromatic nitrogens is 2. The third kappa shape index (κ3) is 3.99. The predicted molar refractivity (Wildman–Crippen MR) is 122 cm³/mol. The summed E-state index contributed by atoms with van der Waals surface area (Å²) in [6, 6.07) is 10.8. The average Bonchev–Trinajstić information content (AvgIpc) is 3.42. The Morgan fingerprint density at radius 1 is 0.844 bits per heavy atom. The van der Waals surface area contributed by atoms with Crippen molar-refractivity contribution in [3.63, 3.8) is 0 Å². The minimum atomic E-state index is -0.454. The molecular weight excluding hydrogens is 408 g/mol. The normalized spacial score (nSPS) is 12.4. The molecule has 0 aliphatic rings. The summed E-state index contributed by atoms with van der Waals surface area (Å²) in [5.74, 6) is -0.864. The summed E-state index contributed by atoms with van der Waals surface area (Å²) in [7, 11) is 2.72. The molecule has 0 spiro atoms. The molecule has 0 aliphatic heterocycles. The van der Waals surface area contributed by atoms with Gasteiger partial charge in [0.1, 0.15) is 0 Å². The SMILES string of the molecule is COC(=O)c1ccc2[nH]cc(C(CCC(C)O)c3c[nH]c4ccc(C(=O)OC)cc34)c2c1. The average molecular weight is 434 g/mol. The molecule has 166 valence electrons. The zero-order valence-electron chi connectivity index (χ0n) is 18.3. The van der Waals surface area contributed by atoms with Gasteiger partial charge in [-0.3, -0.25) is 0 Å². The van der Waals surface area contributed by atoms with Crippen LogP contribution in [0.5, 0.6) is 0 Å². The number of nitrogens with one attached hydrogen (secondary N) is 2. The first-order valence-corrected chi connectivity index (χ1v) is 10.5. The van der Waals surface area contributed by atoms with Crippen LogP contribution in [-0.2, 0) is 9.47 Å². The van der Waals surface area contributed by atoms with Gasteiger partial charge >= 0.3 is 11.9 Å². The molecule has 3 N–H and O–H groups in total. The molecule has 0 fully saturated rings. The van der Waals surface area contributed by atoms with Crippen LogP contribution < -0.4 is 0 Å². The number of fused-ring (bicyclic) bond motifs is 2. The number of carbonyl (C=O) groups is 2. The van der Waals surface area contributed by atoms with E-state index in [-0.39, 0.29) is 5.92 Å². The summed E-state index contributed by atoms with van der Waals surface area (Å²) < 4.78 is 9.77. The highest BCUT2D eigenvalue weighted by Crippen LogP contribution is 2.38. The zero-order valence-corrected chi connectivity index (χ0v) is 18.3. The van der Waals surface area contributed by atoms with Crippen LogP contribution in [0.4, 0.5) is 0 Å². The molecule has 0 bridgehead atoms. The van der Waals surface area contributed by atoms with E-state index in [2.05, 4.69) is 9.97 Å². The van der Waals surface area contributed by atoms with Crippen molar-refractivity contribution in [1.82, 2.24) is 9.97 Å². The number of H-pyrrole nitrogens is 2. The Bertz CT molecular complexity index is 1190. The molecule has 0 amide bonds. The molecule has 32 heavy (non-hydrogen) atoms. The maximum Gasteiger partial charge on any atom is 0.337 e. The molecule has 2 aromatic heterocycles. The number of rotatable bonds is 7. The Labute approximate surface area is 185 Å². The molecule has 0 radical (unpaired) electrons. The van der Waals surface area contributed by atoms with Crippen molar-refractivity contribution in [2.45, 2.75) is 31.8 Å². The minimum Gasteiger partial charge on any atom is -0.465 e. The Kier molecular flexibility index (Phi) is 6.01. The smallest absolute Gasteiger partial charge is 0.337 e. The number of aliphatic hydroxyl groups excluding tert-OH is 1. The molecule has 0 saturated heterocycles. The first-order valence-electron chi connectivity index (χ1n) is 10.5. The lowest BCUT2D eigenvalue weighted by atomic mass is 9.86. The summed E-state index contributed by atoms with van der Waals surface area (Å²) in [6.07, 6.45) is 4.71. The molecule has 1 unspecified atom stereocenters. The maximum absolute atomic E-state index is 12.1. The fraction of sp³-hybridized carbons (Fsp3) is 0.280. The topological polar surface area (TPSA) is 104 Å². The number of carbonyl (C=O) groups excluding carboxylic acids is 2. The molecule has 4 rings (SSSR count). The van der Waals surface area contributed by atoms with Crippen LogP contribution in [-0.4, -0.2) is 47.3 Å². The largest absolute Gasteiger partial charge is 0.465 e. The lowest BCUT2D eigenvalue weighted by Crippen LogP contribution is -2.07. The van der Waals surface area contributed by atoms with Gasteiger partial charge in [0.15, 0.2) is 0 Å². The molecule has 0 saturated carbocycles. The number of esters is 2. The van der Waals surface area contributed by atoms with Crippen molar-refractivity contribution in [3.05, 3.63) is 71.0 Å². The van der Waals surface area contributed by atoms with Crippen molar-refractivity contribution in [1.29, 1.82) is 0 Å². The maximum atomic E-state index is 12.1. The van der Waals surface area contributed by atoms with Gasteiger partial charge < -0.3 is 24.5 Å². The molecule has 2 heterocycles. The van der Waals surface area contributed by atoms with E-state index in [4.69, 9.17) is 9.47 Å². The summed E-state index contributed by atoms with van der Waals surface area (Å²) >= 11 is 0. The first kappa shape index (κ1) is 21.6. The molecule has 7 heteroatoms. The van der Waals surface area contributed by atoms with Crippen LogP contribution in [0.3, 0.4) is 0 Å². The van der Waals surface area contributed by atoms with Crippen molar-refractivity contribution >= 4 is 33.7 Å². The number of methoxy groups -OCH3 is 2.